The van der Waals surface area contributed by atoms with E-state index in [2.05, 4.69) is 19.1 Å². The third-order valence-electron chi connectivity index (χ3n) is 4.23. The first-order chi connectivity index (χ1) is 11.5. The minimum absolute atomic E-state index is 0.356. The highest BCUT2D eigenvalue weighted by Crippen LogP contribution is 2.20. The first-order valence-corrected chi connectivity index (χ1v) is 9.73. The van der Waals surface area contributed by atoms with Crippen molar-refractivity contribution in [1.29, 1.82) is 0 Å². The van der Waals surface area contributed by atoms with Gasteiger partial charge < -0.3 is 0 Å². The van der Waals surface area contributed by atoms with Crippen LogP contribution in [0.15, 0.2) is 12.2 Å². The molecule has 0 aliphatic rings. The molecule has 0 aliphatic heterocycles. The SMILES string of the molecule is CCCCCCCCC=CCCCCCCCCC(=O)C(F)(F)F. The molecule has 0 radical (unpaired) electrons. The molecule has 142 valence electrons. The number of ketones is 1. The van der Waals surface area contributed by atoms with Crippen molar-refractivity contribution in [2.45, 2.75) is 109 Å². The van der Waals surface area contributed by atoms with Gasteiger partial charge in [0.1, 0.15) is 0 Å². The van der Waals surface area contributed by atoms with Gasteiger partial charge in [-0.15, -0.1) is 0 Å². The Hall–Kier alpha value is -0.800. The van der Waals surface area contributed by atoms with E-state index in [1.165, 1.54) is 44.9 Å². The zero-order valence-corrected chi connectivity index (χ0v) is 15.3. The molecule has 0 saturated heterocycles. The minimum Gasteiger partial charge on any atom is -0.290 e. The second-order valence-corrected chi connectivity index (χ2v) is 6.61. The Morgan fingerprint density at radius 3 is 1.58 bits per heavy atom. The molecule has 0 atom stereocenters. The van der Waals surface area contributed by atoms with Crippen LogP contribution < -0.4 is 0 Å². The zero-order chi connectivity index (χ0) is 18.1. The lowest BCUT2D eigenvalue weighted by Crippen LogP contribution is -2.22. The molecule has 0 aromatic rings. The van der Waals surface area contributed by atoms with Crippen molar-refractivity contribution in [2.75, 3.05) is 0 Å². The van der Waals surface area contributed by atoms with Gasteiger partial charge in [-0.25, -0.2) is 0 Å². The van der Waals surface area contributed by atoms with Gasteiger partial charge in [0, 0.05) is 6.42 Å². The predicted molar refractivity (Wildman–Crippen MR) is 95.1 cm³/mol. The summed E-state index contributed by atoms with van der Waals surface area (Å²) < 4.78 is 36.0. The molecule has 1 nitrogen and oxygen atoms in total. The molecule has 0 amide bonds. The Bertz CT molecular complexity index is 321. The van der Waals surface area contributed by atoms with Crippen LogP contribution in [0.3, 0.4) is 0 Å². The van der Waals surface area contributed by atoms with Gasteiger partial charge >= 0.3 is 6.18 Å². The summed E-state index contributed by atoms with van der Waals surface area (Å²) in [6.45, 7) is 2.23. The lowest BCUT2D eigenvalue weighted by molar-refractivity contribution is -0.171. The van der Waals surface area contributed by atoms with Gasteiger partial charge in [-0.3, -0.25) is 4.79 Å². The smallest absolute Gasteiger partial charge is 0.290 e. The fourth-order valence-electron chi connectivity index (χ4n) is 2.67. The van der Waals surface area contributed by atoms with E-state index in [1.54, 1.807) is 0 Å². The van der Waals surface area contributed by atoms with E-state index in [1.807, 2.05) is 0 Å². The van der Waals surface area contributed by atoms with Crippen LogP contribution in [0, 0.1) is 0 Å². The van der Waals surface area contributed by atoms with Crippen LogP contribution in [0.2, 0.25) is 0 Å². The number of halogens is 3. The number of Topliss-reactive ketones (excluding diaryl/α,β-unsaturated/α-hetero) is 1. The van der Waals surface area contributed by atoms with Crippen molar-refractivity contribution in [1.82, 2.24) is 0 Å². The molecule has 0 bridgehead atoms. The normalized spacial score (nSPS) is 12.2. The number of alkyl halides is 3. The van der Waals surface area contributed by atoms with Crippen molar-refractivity contribution >= 4 is 5.78 Å². The molecule has 0 aromatic carbocycles. The average Bonchev–Trinajstić information content (AvgIpc) is 2.53. The summed E-state index contributed by atoms with van der Waals surface area (Å²) in [6.07, 6.45) is 15.1. The van der Waals surface area contributed by atoms with Crippen LogP contribution in [0.1, 0.15) is 103 Å². The monoisotopic (exact) mass is 348 g/mol. The van der Waals surface area contributed by atoms with E-state index in [4.69, 9.17) is 0 Å². The number of rotatable bonds is 16. The Balaban J connectivity index is 3.22. The maximum atomic E-state index is 12.0. The fourth-order valence-corrected chi connectivity index (χ4v) is 2.67. The Labute approximate surface area is 146 Å². The van der Waals surface area contributed by atoms with Crippen molar-refractivity contribution in [2.24, 2.45) is 0 Å². The van der Waals surface area contributed by atoms with Gasteiger partial charge in [-0.2, -0.15) is 13.2 Å². The Morgan fingerprint density at radius 1 is 0.708 bits per heavy atom. The summed E-state index contributed by atoms with van der Waals surface area (Å²) in [5.41, 5.74) is 0. The third kappa shape index (κ3) is 16.1. The molecular formula is C20H35F3O. The molecular weight excluding hydrogens is 313 g/mol. The summed E-state index contributed by atoms with van der Waals surface area (Å²) in [5, 5.41) is 0. The molecule has 0 saturated carbocycles. The number of carbonyl (C=O) groups is 1. The van der Waals surface area contributed by atoms with Gasteiger partial charge in [-0.05, 0) is 32.1 Å². The molecule has 0 aromatic heterocycles. The Kier molecular flexibility index (Phi) is 15.2. The molecule has 0 unspecified atom stereocenters. The van der Waals surface area contributed by atoms with Crippen LogP contribution in [-0.4, -0.2) is 12.0 Å². The highest BCUT2D eigenvalue weighted by molar-refractivity contribution is 5.83. The average molecular weight is 348 g/mol. The van der Waals surface area contributed by atoms with Crippen molar-refractivity contribution in [3.05, 3.63) is 12.2 Å². The van der Waals surface area contributed by atoms with E-state index in [0.29, 0.717) is 6.42 Å². The molecule has 4 heteroatoms. The number of allylic oxidation sites excluding steroid dienone is 2. The predicted octanol–water partition coefficient (Wildman–Crippen LogP) is 7.55. The summed E-state index contributed by atoms with van der Waals surface area (Å²) in [4.78, 5) is 10.7. The van der Waals surface area contributed by atoms with Crippen molar-refractivity contribution in [3.8, 4) is 0 Å². The second kappa shape index (κ2) is 15.7. The van der Waals surface area contributed by atoms with Crippen LogP contribution >= 0.6 is 0 Å². The Morgan fingerprint density at radius 2 is 1.12 bits per heavy atom. The quantitative estimate of drug-likeness (QED) is 0.208. The van der Waals surface area contributed by atoms with Crippen LogP contribution in [-0.2, 0) is 4.79 Å². The highest BCUT2D eigenvalue weighted by atomic mass is 19.4. The van der Waals surface area contributed by atoms with E-state index in [9.17, 15) is 18.0 Å². The topological polar surface area (TPSA) is 17.1 Å². The van der Waals surface area contributed by atoms with Crippen LogP contribution in [0.4, 0.5) is 13.2 Å². The first kappa shape index (κ1) is 23.2. The van der Waals surface area contributed by atoms with Gasteiger partial charge in [0.15, 0.2) is 0 Å². The van der Waals surface area contributed by atoms with Crippen LogP contribution in [0.25, 0.3) is 0 Å². The summed E-state index contributed by atoms with van der Waals surface area (Å²) in [5.74, 6) is -1.59. The van der Waals surface area contributed by atoms with E-state index < -0.39 is 12.0 Å². The number of unbranched alkanes of at least 4 members (excludes halogenated alkanes) is 12. The number of carbonyl (C=O) groups excluding carboxylic acids is 1. The van der Waals surface area contributed by atoms with Crippen molar-refractivity contribution < 1.29 is 18.0 Å². The minimum atomic E-state index is -4.65. The molecule has 0 fully saturated rings. The lowest BCUT2D eigenvalue weighted by atomic mass is 10.1. The molecule has 0 spiro atoms. The van der Waals surface area contributed by atoms with Gasteiger partial charge in [0.05, 0.1) is 0 Å². The fraction of sp³-hybridized carbons (Fsp3) is 0.850. The third-order valence-corrected chi connectivity index (χ3v) is 4.23. The maximum absolute atomic E-state index is 12.0. The largest absolute Gasteiger partial charge is 0.449 e. The summed E-state index contributed by atoms with van der Waals surface area (Å²) >= 11 is 0. The summed E-state index contributed by atoms with van der Waals surface area (Å²) in [6, 6.07) is 0. The van der Waals surface area contributed by atoms with E-state index >= 15 is 0 Å². The molecule has 24 heavy (non-hydrogen) atoms. The summed E-state index contributed by atoms with van der Waals surface area (Å²) in [7, 11) is 0. The standard InChI is InChI=1S/C20H35F3O/c1-2-3-4-5-6-7-8-9-10-11-12-13-14-15-16-17-18-19(24)20(21,22)23/h9-10H,2-8,11-18H2,1H3. The molecule has 0 N–H and O–H groups in total. The van der Waals surface area contributed by atoms with E-state index in [-0.39, 0.29) is 6.42 Å². The molecule has 0 rings (SSSR count). The first-order valence-electron chi connectivity index (χ1n) is 9.73. The maximum Gasteiger partial charge on any atom is 0.449 e. The van der Waals surface area contributed by atoms with E-state index in [0.717, 1.165) is 38.5 Å². The zero-order valence-electron chi connectivity index (χ0n) is 15.3. The van der Waals surface area contributed by atoms with Gasteiger partial charge in [-0.1, -0.05) is 76.9 Å². The van der Waals surface area contributed by atoms with Crippen LogP contribution in [0.5, 0.6) is 0 Å². The number of hydrogen-bond donors (Lipinski definition) is 0. The van der Waals surface area contributed by atoms with Gasteiger partial charge in [0.25, 0.3) is 0 Å². The lowest BCUT2D eigenvalue weighted by Gasteiger charge is -2.04. The second-order valence-electron chi connectivity index (χ2n) is 6.61. The number of hydrogen-bond acceptors (Lipinski definition) is 1. The van der Waals surface area contributed by atoms with Gasteiger partial charge in [0.2, 0.25) is 5.78 Å². The van der Waals surface area contributed by atoms with Crippen molar-refractivity contribution in [3.63, 3.8) is 0 Å². The molecule has 0 heterocycles. The molecule has 0 aliphatic carbocycles. The highest BCUT2D eigenvalue weighted by Gasteiger charge is 2.36.